The number of rotatable bonds is 6. The molecule has 0 unspecified atom stereocenters. The van der Waals surface area contributed by atoms with Crippen molar-refractivity contribution in [2.45, 2.75) is 11.0 Å². The highest BCUT2D eigenvalue weighted by atomic mass is 32.2. The van der Waals surface area contributed by atoms with Gasteiger partial charge in [0.15, 0.2) is 0 Å². The third-order valence-electron chi connectivity index (χ3n) is 3.13. The highest BCUT2D eigenvalue weighted by Gasteiger charge is 2.11. The maximum absolute atomic E-state index is 5.64. The lowest BCUT2D eigenvalue weighted by Crippen LogP contribution is -1.87. The zero-order valence-electron chi connectivity index (χ0n) is 12.9. The quantitative estimate of drug-likeness (QED) is 0.510. The van der Waals surface area contributed by atoms with Gasteiger partial charge in [0.05, 0.1) is 11.3 Å². The SMILES string of the molecule is c1ccc(Nc2nnc(CSc3nnc(-c4cccnc4)o3)s2)cc1. The van der Waals surface area contributed by atoms with E-state index >= 15 is 0 Å². The molecule has 9 heteroatoms. The molecule has 1 aromatic carbocycles. The number of para-hydroxylation sites is 1. The lowest BCUT2D eigenvalue weighted by atomic mass is 10.3. The van der Waals surface area contributed by atoms with E-state index in [1.807, 2.05) is 42.5 Å². The van der Waals surface area contributed by atoms with Crippen molar-refractivity contribution in [3.63, 3.8) is 0 Å². The van der Waals surface area contributed by atoms with Crippen LogP contribution in [0, 0.1) is 0 Å². The second-order valence-electron chi connectivity index (χ2n) is 4.90. The Hall–Kier alpha value is -2.78. The van der Waals surface area contributed by atoms with Gasteiger partial charge in [-0.2, -0.15) is 0 Å². The van der Waals surface area contributed by atoms with Crippen molar-refractivity contribution in [2.24, 2.45) is 0 Å². The molecule has 0 bridgehead atoms. The lowest BCUT2D eigenvalue weighted by Gasteiger charge is -1.99. The summed E-state index contributed by atoms with van der Waals surface area (Å²) in [5.74, 6) is 1.07. The highest BCUT2D eigenvalue weighted by Crippen LogP contribution is 2.28. The standard InChI is InChI=1S/C16H12N6OS2/c1-2-6-12(7-3-1)18-15-21-19-13(25-15)10-24-16-22-20-14(23-16)11-5-4-8-17-9-11/h1-9H,10H2,(H,18,21). The molecule has 1 N–H and O–H groups in total. The van der Waals surface area contributed by atoms with Gasteiger partial charge < -0.3 is 9.73 Å². The largest absolute Gasteiger partial charge is 0.411 e. The fourth-order valence-electron chi connectivity index (χ4n) is 2.00. The first-order chi connectivity index (χ1) is 12.4. The van der Waals surface area contributed by atoms with Crippen LogP contribution in [0.3, 0.4) is 0 Å². The zero-order chi connectivity index (χ0) is 16.9. The number of nitrogens with zero attached hydrogens (tertiary/aromatic N) is 5. The monoisotopic (exact) mass is 368 g/mol. The predicted molar refractivity (Wildman–Crippen MR) is 96.7 cm³/mol. The molecule has 0 saturated heterocycles. The number of anilines is 2. The second-order valence-corrected chi connectivity index (χ2v) is 6.88. The van der Waals surface area contributed by atoms with E-state index in [2.05, 4.69) is 30.7 Å². The summed E-state index contributed by atoms with van der Waals surface area (Å²) in [4.78, 5) is 4.04. The molecule has 0 radical (unpaired) electrons. The summed E-state index contributed by atoms with van der Waals surface area (Å²) < 4.78 is 5.64. The number of aromatic nitrogens is 5. The van der Waals surface area contributed by atoms with E-state index in [1.165, 1.54) is 23.1 Å². The Kier molecular flexibility index (Phi) is 4.66. The van der Waals surface area contributed by atoms with Crippen molar-refractivity contribution in [1.82, 2.24) is 25.4 Å². The number of pyridine rings is 1. The molecule has 0 atom stereocenters. The molecular weight excluding hydrogens is 356 g/mol. The Bertz CT molecular complexity index is 941. The average Bonchev–Trinajstić information content (AvgIpc) is 3.31. The van der Waals surface area contributed by atoms with Crippen LogP contribution in [-0.4, -0.2) is 25.4 Å². The molecule has 25 heavy (non-hydrogen) atoms. The number of nitrogens with one attached hydrogen (secondary N) is 1. The first-order valence-electron chi connectivity index (χ1n) is 7.38. The molecule has 0 fully saturated rings. The number of hydrogen-bond donors (Lipinski definition) is 1. The Balaban J connectivity index is 1.37. The van der Waals surface area contributed by atoms with Crippen molar-refractivity contribution >= 4 is 33.9 Å². The predicted octanol–water partition coefficient (Wildman–Crippen LogP) is 4.02. The van der Waals surface area contributed by atoms with Gasteiger partial charge in [-0.3, -0.25) is 4.98 Å². The summed E-state index contributed by atoms with van der Waals surface area (Å²) in [6.45, 7) is 0. The van der Waals surface area contributed by atoms with Gasteiger partial charge in [-0.05, 0) is 24.3 Å². The van der Waals surface area contributed by atoms with E-state index in [0.29, 0.717) is 16.9 Å². The first-order valence-corrected chi connectivity index (χ1v) is 9.18. The Morgan fingerprint density at radius 1 is 1.00 bits per heavy atom. The summed E-state index contributed by atoms with van der Waals surface area (Å²) in [6, 6.07) is 13.6. The summed E-state index contributed by atoms with van der Waals surface area (Å²) in [7, 11) is 0. The van der Waals surface area contributed by atoms with Gasteiger partial charge in [-0.1, -0.05) is 41.3 Å². The fourth-order valence-corrected chi connectivity index (χ4v) is 3.51. The lowest BCUT2D eigenvalue weighted by molar-refractivity contribution is 0.465. The molecule has 0 amide bonds. The number of benzene rings is 1. The molecule has 0 spiro atoms. The second kappa shape index (κ2) is 7.41. The smallest absolute Gasteiger partial charge is 0.277 e. The van der Waals surface area contributed by atoms with E-state index in [0.717, 1.165) is 21.4 Å². The summed E-state index contributed by atoms with van der Waals surface area (Å²) in [5, 5.41) is 21.8. The van der Waals surface area contributed by atoms with Gasteiger partial charge >= 0.3 is 0 Å². The Morgan fingerprint density at radius 3 is 2.76 bits per heavy atom. The maximum Gasteiger partial charge on any atom is 0.277 e. The minimum Gasteiger partial charge on any atom is -0.411 e. The molecule has 4 rings (SSSR count). The summed E-state index contributed by atoms with van der Waals surface area (Å²) in [6.07, 6.45) is 3.39. The van der Waals surface area contributed by atoms with Gasteiger partial charge in [-0.15, -0.1) is 20.4 Å². The van der Waals surface area contributed by atoms with Crippen molar-refractivity contribution in [2.75, 3.05) is 5.32 Å². The van der Waals surface area contributed by atoms with E-state index < -0.39 is 0 Å². The third kappa shape index (κ3) is 4.01. The van der Waals surface area contributed by atoms with Crippen molar-refractivity contribution in [3.8, 4) is 11.5 Å². The molecular formula is C16H12N6OS2. The normalized spacial score (nSPS) is 10.7. The van der Waals surface area contributed by atoms with Crippen LogP contribution >= 0.6 is 23.1 Å². The topological polar surface area (TPSA) is 89.6 Å². The zero-order valence-corrected chi connectivity index (χ0v) is 14.5. The van der Waals surface area contributed by atoms with Gasteiger partial charge in [0, 0.05) is 18.1 Å². The van der Waals surface area contributed by atoms with Crippen LogP contribution < -0.4 is 5.32 Å². The fraction of sp³-hybridized carbons (Fsp3) is 0.0625. The molecule has 4 aromatic rings. The van der Waals surface area contributed by atoms with Crippen LogP contribution in [0.4, 0.5) is 10.8 Å². The maximum atomic E-state index is 5.64. The average molecular weight is 368 g/mol. The summed E-state index contributed by atoms with van der Waals surface area (Å²) in [5.41, 5.74) is 1.78. The van der Waals surface area contributed by atoms with E-state index in [-0.39, 0.29) is 0 Å². The molecule has 3 aromatic heterocycles. The minimum absolute atomic E-state index is 0.458. The highest BCUT2D eigenvalue weighted by molar-refractivity contribution is 7.98. The summed E-state index contributed by atoms with van der Waals surface area (Å²) >= 11 is 2.92. The van der Waals surface area contributed by atoms with Crippen molar-refractivity contribution in [3.05, 3.63) is 59.9 Å². The third-order valence-corrected chi connectivity index (χ3v) is 4.98. The molecule has 0 aliphatic rings. The van der Waals surface area contributed by atoms with Crippen LogP contribution in [-0.2, 0) is 5.75 Å². The Morgan fingerprint density at radius 2 is 1.92 bits per heavy atom. The minimum atomic E-state index is 0.458. The Labute approximate surface area is 151 Å². The molecule has 124 valence electrons. The molecule has 3 heterocycles. The van der Waals surface area contributed by atoms with Gasteiger partial charge in [-0.25, -0.2) is 0 Å². The molecule has 0 aliphatic carbocycles. The van der Waals surface area contributed by atoms with Gasteiger partial charge in [0.25, 0.3) is 5.22 Å². The van der Waals surface area contributed by atoms with Crippen molar-refractivity contribution in [1.29, 1.82) is 0 Å². The van der Waals surface area contributed by atoms with Crippen LogP contribution in [0.15, 0.2) is 64.5 Å². The van der Waals surface area contributed by atoms with Gasteiger partial charge in [0.2, 0.25) is 11.0 Å². The van der Waals surface area contributed by atoms with Crippen LogP contribution in [0.2, 0.25) is 0 Å². The number of hydrogen-bond acceptors (Lipinski definition) is 9. The van der Waals surface area contributed by atoms with Crippen LogP contribution in [0.1, 0.15) is 5.01 Å². The van der Waals surface area contributed by atoms with Crippen LogP contribution in [0.25, 0.3) is 11.5 Å². The molecule has 0 saturated carbocycles. The van der Waals surface area contributed by atoms with Crippen molar-refractivity contribution < 1.29 is 4.42 Å². The van der Waals surface area contributed by atoms with E-state index in [1.54, 1.807) is 12.4 Å². The number of thioether (sulfide) groups is 1. The first kappa shape index (κ1) is 15.7. The molecule has 0 aliphatic heterocycles. The van der Waals surface area contributed by atoms with Gasteiger partial charge in [0.1, 0.15) is 5.01 Å². The molecule has 7 nitrogen and oxygen atoms in total. The van der Waals surface area contributed by atoms with E-state index in [4.69, 9.17) is 4.42 Å². The van der Waals surface area contributed by atoms with Crippen LogP contribution in [0.5, 0.6) is 0 Å². The van der Waals surface area contributed by atoms with E-state index in [9.17, 15) is 0 Å².